The maximum Gasteiger partial charge on any atom is 0.384 e. The Bertz CT molecular complexity index is 287. The van der Waals surface area contributed by atoms with Gasteiger partial charge in [-0.05, 0) is 18.1 Å². The molecule has 0 spiro atoms. The first-order valence-corrected chi connectivity index (χ1v) is 2.96. The Morgan fingerprint density at radius 3 is 3.09 bits per heavy atom. The predicted octanol–water partition coefficient (Wildman–Crippen LogP) is 0.804. The molecule has 0 aliphatic heterocycles. The highest BCUT2D eigenvalue weighted by Gasteiger charge is 1.90. The van der Waals surface area contributed by atoms with Crippen LogP contribution in [-0.4, -0.2) is 13.1 Å². The number of methoxy groups -OCH3 is 1. The zero-order valence-corrected chi connectivity index (χ0v) is 5.96. The Hall–Kier alpha value is -1.69. The normalized spacial score (nSPS) is 8.09. The van der Waals surface area contributed by atoms with E-state index in [4.69, 9.17) is 4.42 Å². The topological polar surface area (TPSA) is 39.4 Å². The van der Waals surface area contributed by atoms with Crippen molar-refractivity contribution in [3.63, 3.8) is 0 Å². The molecule has 0 unspecified atom stereocenters. The lowest BCUT2D eigenvalue weighted by Crippen LogP contribution is -1.94. The lowest BCUT2D eigenvalue weighted by atomic mass is 10.4. The first-order valence-electron chi connectivity index (χ1n) is 2.96. The predicted molar refractivity (Wildman–Crippen MR) is 37.6 cm³/mol. The number of esters is 1. The van der Waals surface area contributed by atoms with Gasteiger partial charge in [0.1, 0.15) is 0 Å². The highest BCUT2D eigenvalue weighted by atomic mass is 16.5. The van der Waals surface area contributed by atoms with Crippen molar-refractivity contribution in [1.29, 1.82) is 0 Å². The fourth-order valence-electron chi connectivity index (χ4n) is 0.513. The lowest BCUT2D eigenvalue weighted by molar-refractivity contribution is -0.133. The molecule has 0 bridgehead atoms. The van der Waals surface area contributed by atoms with E-state index >= 15 is 0 Å². The third kappa shape index (κ3) is 2.18. The van der Waals surface area contributed by atoms with E-state index in [1.807, 2.05) is 0 Å². The van der Waals surface area contributed by atoms with Crippen molar-refractivity contribution in [1.82, 2.24) is 0 Å². The number of furan rings is 1. The van der Waals surface area contributed by atoms with Crippen LogP contribution in [0.2, 0.25) is 0 Å². The summed E-state index contributed by atoms with van der Waals surface area (Å²) >= 11 is 0. The van der Waals surface area contributed by atoms with Gasteiger partial charge in [0.05, 0.1) is 13.4 Å². The highest BCUT2D eigenvalue weighted by Crippen LogP contribution is 1.95. The number of rotatable bonds is 0. The molecule has 1 heterocycles. The van der Waals surface area contributed by atoms with Gasteiger partial charge in [0.15, 0.2) is 5.76 Å². The zero-order chi connectivity index (χ0) is 8.10. The minimum absolute atomic E-state index is 0.454. The minimum Gasteiger partial charge on any atom is -0.459 e. The van der Waals surface area contributed by atoms with Gasteiger partial charge in [-0.15, -0.1) is 0 Å². The van der Waals surface area contributed by atoms with Crippen LogP contribution < -0.4 is 0 Å². The SMILES string of the molecule is COC(=O)C#Cc1ccco1. The number of carbonyl (C=O) groups is 1. The zero-order valence-electron chi connectivity index (χ0n) is 5.96. The Labute approximate surface area is 64.0 Å². The summed E-state index contributed by atoms with van der Waals surface area (Å²) < 4.78 is 9.14. The van der Waals surface area contributed by atoms with Crippen molar-refractivity contribution in [3.8, 4) is 11.8 Å². The molecule has 0 aliphatic rings. The van der Waals surface area contributed by atoms with E-state index in [0.29, 0.717) is 5.76 Å². The molecular weight excluding hydrogens is 144 g/mol. The van der Waals surface area contributed by atoms with Gasteiger partial charge in [-0.2, -0.15) is 0 Å². The van der Waals surface area contributed by atoms with Crippen LogP contribution in [0.5, 0.6) is 0 Å². The smallest absolute Gasteiger partial charge is 0.384 e. The Kier molecular flexibility index (Phi) is 2.34. The van der Waals surface area contributed by atoms with Crippen molar-refractivity contribution in [3.05, 3.63) is 24.2 Å². The van der Waals surface area contributed by atoms with E-state index in [-0.39, 0.29) is 0 Å². The number of carbonyl (C=O) groups excluding carboxylic acids is 1. The van der Waals surface area contributed by atoms with Crippen LogP contribution in [0.4, 0.5) is 0 Å². The largest absolute Gasteiger partial charge is 0.459 e. The Morgan fingerprint density at radius 1 is 1.73 bits per heavy atom. The third-order valence-corrected chi connectivity index (χ3v) is 0.994. The average Bonchev–Trinajstić information content (AvgIpc) is 2.52. The standard InChI is InChI=1S/C8H6O3/c1-10-8(9)5-4-7-3-2-6-11-7/h2-3,6H,1H3. The van der Waals surface area contributed by atoms with Crippen molar-refractivity contribution >= 4 is 5.97 Å². The fraction of sp³-hybridized carbons (Fsp3) is 0.125. The molecule has 0 atom stereocenters. The summed E-state index contributed by atoms with van der Waals surface area (Å²) in [6.07, 6.45) is 1.49. The maximum atomic E-state index is 10.5. The molecule has 11 heavy (non-hydrogen) atoms. The van der Waals surface area contributed by atoms with Gasteiger partial charge in [-0.3, -0.25) is 0 Å². The molecule has 0 N–H and O–H groups in total. The molecule has 0 saturated carbocycles. The van der Waals surface area contributed by atoms with Crippen LogP contribution in [0.25, 0.3) is 0 Å². The molecule has 0 aromatic carbocycles. The maximum absolute atomic E-state index is 10.5. The molecule has 0 fully saturated rings. The highest BCUT2D eigenvalue weighted by molar-refractivity contribution is 5.88. The van der Waals surface area contributed by atoms with Gasteiger partial charge in [-0.1, -0.05) is 0 Å². The second-order valence-corrected chi connectivity index (χ2v) is 1.72. The van der Waals surface area contributed by atoms with Gasteiger partial charge in [-0.25, -0.2) is 4.79 Å². The lowest BCUT2D eigenvalue weighted by Gasteiger charge is -1.82. The molecule has 0 amide bonds. The average molecular weight is 150 g/mol. The monoisotopic (exact) mass is 150 g/mol. The summed E-state index contributed by atoms with van der Waals surface area (Å²) in [4.78, 5) is 10.5. The molecular formula is C8H6O3. The number of hydrogen-bond acceptors (Lipinski definition) is 3. The molecule has 0 saturated heterocycles. The Morgan fingerprint density at radius 2 is 2.55 bits per heavy atom. The van der Waals surface area contributed by atoms with Crippen LogP contribution in [0.3, 0.4) is 0 Å². The van der Waals surface area contributed by atoms with Gasteiger partial charge < -0.3 is 9.15 Å². The number of ether oxygens (including phenoxy) is 1. The second kappa shape index (κ2) is 3.47. The van der Waals surface area contributed by atoms with Gasteiger partial charge in [0.25, 0.3) is 0 Å². The molecule has 0 aliphatic carbocycles. The number of hydrogen-bond donors (Lipinski definition) is 0. The van der Waals surface area contributed by atoms with Gasteiger partial charge in [0.2, 0.25) is 0 Å². The first kappa shape index (κ1) is 7.42. The molecule has 1 aromatic rings. The van der Waals surface area contributed by atoms with Crippen LogP contribution in [0, 0.1) is 11.8 Å². The van der Waals surface area contributed by atoms with Crippen LogP contribution >= 0.6 is 0 Å². The van der Waals surface area contributed by atoms with Crippen LogP contribution in [0.1, 0.15) is 5.76 Å². The molecule has 56 valence electrons. The van der Waals surface area contributed by atoms with E-state index in [1.54, 1.807) is 12.1 Å². The van der Waals surface area contributed by atoms with E-state index in [2.05, 4.69) is 16.6 Å². The summed E-state index contributed by atoms with van der Waals surface area (Å²) in [5.41, 5.74) is 0. The molecule has 0 radical (unpaired) electrons. The van der Waals surface area contributed by atoms with Gasteiger partial charge >= 0.3 is 5.97 Å². The van der Waals surface area contributed by atoms with Crippen molar-refractivity contribution in [2.45, 2.75) is 0 Å². The third-order valence-electron chi connectivity index (χ3n) is 0.994. The van der Waals surface area contributed by atoms with E-state index in [9.17, 15) is 4.79 Å². The molecule has 1 rings (SSSR count). The van der Waals surface area contributed by atoms with Crippen LogP contribution in [0.15, 0.2) is 22.8 Å². The Balaban J connectivity index is 2.66. The van der Waals surface area contributed by atoms with Gasteiger partial charge in [0, 0.05) is 5.92 Å². The minimum atomic E-state index is -0.568. The van der Waals surface area contributed by atoms with E-state index in [0.717, 1.165) is 0 Å². The first-order chi connectivity index (χ1) is 5.33. The summed E-state index contributed by atoms with van der Waals surface area (Å²) in [7, 11) is 1.28. The molecule has 3 nitrogen and oxygen atoms in total. The molecule has 3 heteroatoms. The fourth-order valence-corrected chi connectivity index (χ4v) is 0.513. The summed E-state index contributed by atoms with van der Waals surface area (Å²) in [6.45, 7) is 0. The quantitative estimate of drug-likeness (QED) is 0.405. The summed E-state index contributed by atoms with van der Waals surface area (Å²) in [5, 5.41) is 0. The van der Waals surface area contributed by atoms with E-state index in [1.165, 1.54) is 13.4 Å². The van der Waals surface area contributed by atoms with E-state index < -0.39 is 5.97 Å². The van der Waals surface area contributed by atoms with Crippen molar-refractivity contribution in [2.24, 2.45) is 0 Å². The summed E-state index contributed by atoms with van der Waals surface area (Å²) in [5.74, 6) is 4.60. The molecule has 1 aromatic heterocycles. The second-order valence-electron chi connectivity index (χ2n) is 1.72. The van der Waals surface area contributed by atoms with Crippen LogP contribution in [-0.2, 0) is 9.53 Å². The van der Waals surface area contributed by atoms with Crippen molar-refractivity contribution < 1.29 is 13.9 Å². The van der Waals surface area contributed by atoms with Crippen molar-refractivity contribution in [2.75, 3.05) is 7.11 Å². The summed E-state index contributed by atoms with van der Waals surface area (Å²) in [6, 6.07) is 3.36.